The topological polar surface area (TPSA) is 55.9 Å². The van der Waals surface area contributed by atoms with E-state index in [-0.39, 0.29) is 17.4 Å². The van der Waals surface area contributed by atoms with Gasteiger partial charge in [-0.15, -0.1) is 11.3 Å². The van der Waals surface area contributed by atoms with Gasteiger partial charge in [0.1, 0.15) is 5.54 Å². The minimum absolute atomic E-state index is 0.0298. The zero-order valence-corrected chi connectivity index (χ0v) is 19.1. The van der Waals surface area contributed by atoms with Crippen LogP contribution in [0.15, 0.2) is 12.1 Å². The Bertz CT molecular complexity index is 789. The summed E-state index contributed by atoms with van der Waals surface area (Å²) < 4.78 is 0.825. The van der Waals surface area contributed by atoms with Crippen molar-refractivity contribution >= 4 is 34.9 Å². The van der Waals surface area contributed by atoms with Gasteiger partial charge in [0.05, 0.1) is 11.0 Å². The molecular weight excluding hydrogens is 408 g/mol. The molecular formula is C21H31ClN4O2S. The van der Waals surface area contributed by atoms with Crippen molar-refractivity contribution in [3.63, 3.8) is 0 Å². The number of imide groups is 1. The molecule has 8 heteroatoms. The average Bonchev–Trinajstić information content (AvgIpc) is 3.11. The van der Waals surface area contributed by atoms with Crippen LogP contribution in [0.3, 0.4) is 0 Å². The van der Waals surface area contributed by atoms with Crippen molar-refractivity contribution in [2.75, 3.05) is 32.8 Å². The number of rotatable bonds is 4. The Labute approximate surface area is 182 Å². The summed E-state index contributed by atoms with van der Waals surface area (Å²) in [6.07, 6.45) is 2.56. The number of hydrogen-bond donors (Lipinski definition) is 1. The second-order valence-electron chi connectivity index (χ2n) is 9.84. The van der Waals surface area contributed by atoms with Crippen molar-refractivity contribution in [3.8, 4) is 0 Å². The summed E-state index contributed by atoms with van der Waals surface area (Å²) in [5.41, 5.74) is -0.647. The van der Waals surface area contributed by atoms with E-state index in [2.05, 4.69) is 42.0 Å². The van der Waals surface area contributed by atoms with Crippen LogP contribution < -0.4 is 5.32 Å². The molecule has 1 aliphatic carbocycles. The third kappa shape index (κ3) is 4.48. The number of carbonyl (C=O) groups excluding carboxylic acids is 2. The molecule has 0 aromatic carbocycles. The van der Waals surface area contributed by atoms with Gasteiger partial charge in [-0.3, -0.25) is 14.6 Å². The molecule has 1 aromatic heterocycles. The van der Waals surface area contributed by atoms with Crippen LogP contribution in [0.25, 0.3) is 0 Å². The SMILES string of the molecule is C[C@H]1CC(C)(C)C[C@@]2(C1)NC(=O)N(CN1CCN(Cc3ccc(Cl)s3)CC1)C2=O. The highest BCUT2D eigenvalue weighted by Gasteiger charge is 2.56. The van der Waals surface area contributed by atoms with Gasteiger partial charge in [-0.1, -0.05) is 32.4 Å². The van der Waals surface area contributed by atoms with Crippen LogP contribution in [0.1, 0.15) is 44.9 Å². The van der Waals surface area contributed by atoms with E-state index in [1.807, 2.05) is 6.07 Å². The Morgan fingerprint density at radius 1 is 1.14 bits per heavy atom. The molecule has 0 bridgehead atoms. The molecule has 1 N–H and O–H groups in total. The molecule has 1 aromatic rings. The number of carbonyl (C=O) groups is 2. The maximum Gasteiger partial charge on any atom is 0.326 e. The Balaban J connectivity index is 1.34. The van der Waals surface area contributed by atoms with Crippen LogP contribution in [0.5, 0.6) is 0 Å². The Hall–Kier alpha value is -1.15. The van der Waals surface area contributed by atoms with Crippen molar-refractivity contribution in [3.05, 3.63) is 21.3 Å². The molecule has 3 heterocycles. The summed E-state index contributed by atoms with van der Waals surface area (Å²) in [6, 6.07) is 3.80. The maximum atomic E-state index is 13.3. The van der Waals surface area contributed by atoms with Crippen LogP contribution in [-0.4, -0.2) is 65.0 Å². The molecule has 1 saturated carbocycles. The Morgan fingerprint density at radius 2 is 1.83 bits per heavy atom. The fourth-order valence-electron chi connectivity index (χ4n) is 5.58. The van der Waals surface area contributed by atoms with E-state index in [0.717, 1.165) is 56.3 Å². The van der Waals surface area contributed by atoms with Crippen LogP contribution in [0.4, 0.5) is 4.79 Å². The first-order valence-corrected chi connectivity index (χ1v) is 11.7. The molecule has 2 atom stereocenters. The minimum atomic E-state index is -0.710. The highest BCUT2D eigenvalue weighted by atomic mass is 35.5. The number of amides is 3. The van der Waals surface area contributed by atoms with Crippen LogP contribution in [0.2, 0.25) is 4.34 Å². The molecule has 2 aliphatic heterocycles. The largest absolute Gasteiger partial charge is 0.326 e. The number of urea groups is 1. The van der Waals surface area contributed by atoms with Gasteiger partial charge < -0.3 is 5.32 Å². The summed E-state index contributed by atoms with van der Waals surface area (Å²) in [4.78, 5) is 33.3. The number of nitrogens with one attached hydrogen (secondary N) is 1. The normalized spacial score (nSPS) is 30.9. The molecule has 160 valence electrons. The minimum Gasteiger partial charge on any atom is -0.323 e. The van der Waals surface area contributed by atoms with Crippen molar-refractivity contribution in [2.24, 2.45) is 11.3 Å². The van der Waals surface area contributed by atoms with Gasteiger partial charge in [0.15, 0.2) is 0 Å². The van der Waals surface area contributed by atoms with Crippen molar-refractivity contribution < 1.29 is 9.59 Å². The monoisotopic (exact) mass is 438 g/mol. The molecule has 29 heavy (non-hydrogen) atoms. The quantitative estimate of drug-likeness (QED) is 0.729. The zero-order chi connectivity index (χ0) is 20.8. The van der Waals surface area contributed by atoms with Gasteiger partial charge in [-0.2, -0.15) is 0 Å². The second kappa shape index (κ2) is 7.84. The first kappa shape index (κ1) is 21.1. The van der Waals surface area contributed by atoms with E-state index >= 15 is 0 Å². The van der Waals surface area contributed by atoms with Gasteiger partial charge in [0.2, 0.25) is 0 Å². The number of piperazine rings is 1. The van der Waals surface area contributed by atoms with E-state index < -0.39 is 5.54 Å². The molecule has 4 rings (SSSR count). The lowest BCUT2D eigenvalue weighted by Crippen LogP contribution is -2.55. The molecule has 0 radical (unpaired) electrons. The fourth-order valence-corrected chi connectivity index (χ4v) is 6.71. The number of nitrogens with zero attached hydrogens (tertiary/aromatic N) is 3. The Morgan fingerprint density at radius 3 is 2.45 bits per heavy atom. The van der Waals surface area contributed by atoms with Crippen molar-refractivity contribution in [1.82, 2.24) is 20.0 Å². The van der Waals surface area contributed by atoms with Crippen molar-refractivity contribution in [2.45, 2.75) is 52.1 Å². The second-order valence-corrected chi connectivity index (χ2v) is 11.6. The van der Waals surface area contributed by atoms with E-state index in [4.69, 9.17) is 11.6 Å². The maximum absolute atomic E-state index is 13.3. The standard InChI is InChI=1S/C21H31ClN4O2S/c1-15-10-20(2,3)13-21(11-15)18(27)26(19(28)23-21)14-25-8-6-24(7-9-25)12-16-4-5-17(22)29-16/h4-5,15H,6-14H2,1-3H3,(H,23,28)/t15-,21+/m0/s1. The Kier molecular flexibility index (Phi) is 5.70. The lowest BCUT2D eigenvalue weighted by molar-refractivity contribution is -0.136. The van der Waals surface area contributed by atoms with Gasteiger partial charge in [-0.25, -0.2) is 9.69 Å². The third-order valence-corrected chi connectivity index (χ3v) is 7.65. The summed E-state index contributed by atoms with van der Waals surface area (Å²) in [5.74, 6) is 0.398. The average molecular weight is 439 g/mol. The van der Waals surface area contributed by atoms with Gasteiger partial charge >= 0.3 is 6.03 Å². The van der Waals surface area contributed by atoms with Crippen LogP contribution in [0, 0.1) is 11.3 Å². The summed E-state index contributed by atoms with van der Waals surface area (Å²) >= 11 is 7.65. The van der Waals surface area contributed by atoms with E-state index in [1.54, 1.807) is 11.3 Å². The fraction of sp³-hybridized carbons (Fsp3) is 0.714. The summed E-state index contributed by atoms with van der Waals surface area (Å²) in [5, 5.41) is 3.08. The lowest BCUT2D eigenvalue weighted by atomic mass is 9.64. The lowest BCUT2D eigenvalue weighted by Gasteiger charge is -2.44. The van der Waals surface area contributed by atoms with Crippen LogP contribution in [-0.2, 0) is 11.3 Å². The molecule has 6 nitrogen and oxygen atoms in total. The number of hydrogen-bond acceptors (Lipinski definition) is 5. The molecule has 0 unspecified atom stereocenters. The number of halogens is 1. The highest BCUT2D eigenvalue weighted by molar-refractivity contribution is 7.16. The first-order chi connectivity index (χ1) is 13.7. The third-order valence-electron chi connectivity index (χ3n) is 6.44. The molecule has 3 amide bonds. The van der Waals surface area contributed by atoms with E-state index in [1.165, 1.54) is 9.78 Å². The van der Waals surface area contributed by atoms with Gasteiger partial charge in [0.25, 0.3) is 5.91 Å². The molecule has 3 fully saturated rings. The van der Waals surface area contributed by atoms with E-state index in [9.17, 15) is 9.59 Å². The highest BCUT2D eigenvalue weighted by Crippen LogP contribution is 2.46. The van der Waals surface area contributed by atoms with Crippen molar-refractivity contribution in [1.29, 1.82) is 0 Å². The zero-order valence-electron chi connectivity index (χ0n) is 17.5. The van der Waals surface area contributed by atoms with Crippen LogP contribution >= 0.6 is 22.9 Å². The predicted molar refractivity (Wildman–Crippen MR) is 116 cm³/mol. The molecule has 3 aliphatic rings. The van der Waals surface area contributed by atoms with Gasteiger partial charge in [-0.05, 0) is 42.7 Å². The van der Waals surface area contributed by atoms with Gasteiger partial charge in [0, 0.05) is 37.6 Å². The molecule has 2 saturated heterocycles. The number of thiophene rings is 1. The first-order valence-electron chi connectivity index (χ1n) is 10.5. The smallest absolute Gasteiger partial charge is 0.323 e. The molecule has 1 spiro atoms. The predicted octanol–water partition coefficient (Wildman–Crippen LogP) is 3.61. The van der Waals surface area contributed by atoms with E-state index in [0.29, 0.717) is 12.6 Å². The summed E-state index contributed by atoms with van der Waals surface area (Å²) in [7, 11) is 0. The summed E-state index contributed by atoms with van der Waals surface area (Å²) in [6.45, 7) is 11.4.